The van der Waals surface area contributed by atoms with Gasteiger partial charge < -0.3 is 14.5 Å². The van der Waals surface area contributed by atoms with Crippen LogP contribution < -0.4 is 9.47 Å². The van der Waals surface area contributed by atoms with Crippen LogP contribution in [0.5, 0.6) is 11.5 Å². The van der Waals surface area contributed by atoms with Gasteiger partial charge in [0.1, 0.15) is 17.3 Å². The fourth-order valence-electron chi connectivity index (χ4n) is 2.11. The highest BCUT2D eigenvalue weighted by Gasteiger charge is 2.12. The van der Waals surface area contributed by atoms with Crippen LogP contribution in [-0.4, -0.2) is 24.2 Å². The van der Waals surface area contributed by atoms with Gasteiger partial charge in [-0.15, -0.1) is 0 Å². The quantitative estimate of drug-likeness (QED) is 0.795. The number of H-pyrrole nitrogens is 1. The molecule has 0 radical (unpaired) electrons. The SMILES string of the molecule is COc1ccc(OC)c(-c2nc3ccc(Cl)cc3[nH]2)c1. The monoisotopic (exact) mass is 288 g/mol. The van der Waals surface area contributed by atoms with E-state index in [0.29, 0.717) is 5.02 Å². The molecule has 2 aromatic carbocycles. The summed E-state index contributed by atoms with van der Waals surface area (Å²) in [6, 6.07) is 11.1. The van der Waals surface area contributed by atoms with Crippen LogP contribution in [0.4, 0.5) is 0 Å². The number of halogens is 1. The predicted molar refractivity (Wildman–Crippen MR) is 79.6 cm³/mol. The van der Waals surface area contributed by atoms with E-state index in [9.17, 15) is 0 Å². The predicted octanol–water partition coefficient (Wildman–Crippen LogP) is 3.90. The average Bonchev–Trinajstić information content (AvgIpc) is 2.89. The molecule has 20 heavy (non-hydrogen) atoms. The van der Waals surface area contributed by atoms with Crippen LogP contribution in [0.3, 0.4) is 0 Å². The van der Waals surface area contributed by atoms with E-state index >= 15 is 0 Å². The van der Waals surface area contributed by atoms with Gasteiger partial charge in [-0.2, -0.15) is 0 Å². The van der Waals surface area contributed by atoms with Gasteiger partial charge in [-0.3, -0.25) is 0 Å². The standard InChI is InChI=1S/C15H13ClN2O2/c1-19-10-4-6-14(20-2)11(8-10)15-17-12-5-3-9(16)7-13(12)18-15/h3-8H,1-2H3,(H,17,18). The molecule has 0 atom stereocenters. The Bertz CT molecular complexity index is 768. The summed E-state index contributed by atoms with van der Waals surface area (Å²) in [5, 5.41) is 0.672. The maximum atomic E-state index is 5.99. The van der Waals surface area contributed by atoms with Gasteiger partial charge in [0.25, 0.3) is 0 Å². The summed E-state index contributed by atoms with van der Waals surface area (Å²) in [6.45, 7) is 0. The highest BCUT2D eigenvalue weighted by atomic mass is 35.5. The van der Waals surface area contributed by atoms with Crippen molar-refractivity contribution in [2.24, 2.45) is 0 Å². The van der Waals surface area contributed by atoms with Gasteiger partial charge in [-0.1, -0.05) is 11.6 Å². The summed E-state index contributed by atoms with van der Waals surface area (Å²) in [5.74, 6) is 2.20. The largest absolute Gasteiger partial charge is 0.497 e. The Kier molecular flexibility index (Phi) is 3.24. The van der Waals surface area contributed by atoms with Crippen molar-refractivity contribution in [1.82, 2.24) is 9.97 Å². The number of imidazole rings is 1. The molecule has 0 spiro atoms. The van der Waals surface area contributed by atoms with Crippen LogP contribution in [0, 0.1) is 0 Å². The van der Waals surface area contributed by atoms with E-state index in [1.165, 1.54) is 0 Å². The number of benzene rings is 2. The average molecular weight is 289 g/mol. The molecule has 1 aromatic heterocycles. The van der Waals surface area contributed by atoms with E-state index in [1.807, 2.05) is 36.4 Å². The van der Waals surface area contributed by atoms with E-state index < -0.39 is 0 Å². The molecular weight excluding hydrogens is 276 g/mol. The van der Waals surface area contributed by atoms with E-state index in [0.717, 1.165) is 33.9 Å². The Labute approximate surface area is 121 Å². The molecule has 3 rings (SSSR count). The number of methoxy groups -OCH3 is 2. The van der Waals surface area contributed by atoms with Crippen LogP contribution in [0.1, 0.15) is 0 Å². The van der Waals surface area contributed by atoms with Crippen molar-refractivity contribution in [1.29, 1.82) is 0 Å². The smallest absolute Gasteiger partial charge is 0.142 e. The van der Waals surface area contributed by atoms with E-state index in [2.05, 4.69) is 9.97 Å². The molecule has 0 bridgehead atoms. The zero-order chi connectivity index (χ0) is 14.1. The number of nitrogens with zero attached hydrogens (tertiary/aromatic N) is 1. The van der Waals surface area contributed by atoms with Crippen LogP contribution in [0.15, 0.2) is 36.4 Å². The molecule has 0 amide bonds. The first-order valence-electron chi connectivity index (χ1n) is 6.09. The van der Waals surface area contributed by atoms with Crippen molar-refractivity contribution >= 4 is 22.6 Å². The number of ether oxygens (including phenoxy) is 2. The molecule has 5 heteroatoms. The summed E-state index contributed by atoms with van der Waals surface area (Å²) < 4.78 is 10.6. The molecule has 4 nitrogen and oxygen atoms in total. The summed E-state index contributed by atoms with van der Waals surface area (Å²) >= 11 is 5.99. The summed E-state index contributed by atoms with van der Waals surface area (Å²) in [7, 11) is 3.26. The maximum absolute atomic E-state index is 5.99. The van der Waals surface area contributed by atoms with Gasteiger partial charge >= 0.3 is 0 Å². The Morgan fingerprint density at radius 1 is 1.05 bits per heavy atom. The lowest BCUT2D eigenvalue weighted by molar-refractivity contribution is 0.404. The number of aromatic nitrogens is 2. The topological polar surface area (TPSA) is 47.1 Å². The second-order valence-corrected chi connectivity index (χ2v) is 4.75. The van der Waals surface area contributed by atoms with Gasteiger partial charge in [0, 0.05) is 5.02 Å². The number of hydrogen-bond donors (Lipinski definition) is 1. The van der Waals surface area contributed by atoms with Gasteiger partial charge in [0.15, 0.2) is 0 Å². The van der Waals surface area contributed by atoms with E-state index in [1.54, 1.807) is 14.2 Å². The van der Waals surface area contributed by atoms with Gasteiger partial charge in [-0.05, 0) is 36.4 Å². The molecule has 0 saturated carbocycles. The van der Waals surface area contributed by atoms with Gasteiger partial charge in [0.05, 0.1) is 30.8 Å². The highest BCUT2D eigenvalue weighted by Crippen LogP contribution is 2.33. The minimum atomic E-state index is 0.672. The third-order valence-corrected chi connectivity index (χ3v) is 3.34. The second kappa shape index (κ2) is 5.06. The molecule has 3 aromatic rings. The van der Waals surface area contributed by atoms with Crippen LogP contribution >= 0.6 is 11.6 Å². The second-order valence-electron chi connectivity index (χ2n) is 4.31. The van der Waals surface area contributed by atoms with Gasteiger partial charge in [0.2, 0.25) is 0 Å². The lowest BCUT2D eigenvalue weighted by Crippen LogP contribution is -1.91. The first kappa shape index (κ1) is 12.8. The molecule has 0 aliphatic heterocycles. The number of rotatable bonds is 3. The van der Waals surface area contributed by atoms with Crippen LogP contribution in [0.2, 0.25) is 5.02 Å². The number of hydrogen-bond acceptors (Lipinski definition) is 3. The molecule has 102 valence electrons. The lowest BCUT2D eigenvalue weighted by atomic mass is 10.2. The highest BCUT2D eigenvalue weighted by molar-refractivity contribution is 6.31. The molecule has 0 unspecified atom stereocenters. The summed E-state index contributed by atoms with van der Waals surface area (Å²) in [5.41, 5.74) is 2.59. The zero-order valence-electron chi connectivity index (χ0n) is 11.1. The van der Waals surface area contributed by atoms with Crippen molar-refractivity contribution in [2.45, 2.75) is 0 Å². The maximum Gasteiger partial charge on any atom is 0.142 e. The molecule has 0 aliphatic rings. The first-order chi connectivity index (χ1) is 9.71. The molecule has 0 aliphatic carbocycles. The fourth-order valence-corrected chi connectivity index (χ4v) is 2.28. The van der Waals surface area contributed by atoms with Crippen molar-refractivity contribution < 1.29 is 9.47 Å². The van der Waals surface area contributed by atoms with Crippen molar-refractivity contribution in [2.75, 3.05) is 14.2 Å². The number of nitrogens with one attached hydrogen (secondary N) is 1. The van der Waals surface area contributed by atoms with Crippen molar-refractivity contribution in [3.05, 3.63) is 41.4 Å². The zero-order valence-corrected chi connectivity index (χ0v) is 11.9. The van der Waals surface area contributed by atoms with Crippen LogP contribution in [0.25, 0.3) is 22.4 Å². The fraction of sp³-hybridized carbons (Fsp3) is 0.133. The minimum Gasteiger partial charge on any atom is -0.497 e. The Hall–Kier alpha value is -2.20. The Morgan fingerprint density at radius 3 is 2.65 bits per heavy atom. The third kappa shape index (κ3) is 2.18. The normalized spacial score (nSPS) is 10.8. The van der Waals surface area contributed by atoms with E-state index in [4.69, 9.17) is 21.1 Å². The number of aromatic amines is 1. The lowest BCUT2D eigenvalue weighted by Gasteiger charge is -2.08. The molecular formula is C15H13ClN2O2. The summed E-state index contributed by atoms with van der Waals surface area (Å²) in [4.78, 5) is 7.81. The molecule has 1 heterocycles. The number of fused-ring (bicyclic) bond motifs is 1. The molecule has 0 saturated heterocycles. The third-order valence-electron chi connectivity index (χ3n) is 3.11. The Morgan fingerprint density at radius 2 is 1.90 bits per heavy atom. The van der Waals surface area contributed by atoms with Crippen molar-refractivity contribution in [3.63, 3.8) is 0 Å². The van der Waals surface area contributed by atoms with Crippen LogP contribution in [-0.2, 0) is 0 Å². The van der Waals surface area contributed by atoms with E-state index in [-0.39, 0.29) is 0 Å². The van der Waals surface area contributed by atoms with Crippen molar-refractivity contribution in [3.8, 4) is 22.9 Å². The molecule has 1 N–H and O–H groups in total. The summed E-state index contributed by atoms with van der Waals surface area (Å²) in [6.07, 6.45) is 0. The minimum absolute atomic E-state index is 0.672. The first-order valence-corrected chi connectivity index (χ1v) is 6.46. The van der Waals surface area contributed by atoms with Gasteiger partial charge in [-0.25, -0.2) is 4.98 Å². The molecule has 0 fully saturated rings. The Balaban J connectivity index is 2.18.